The highest BCUT2D eigenvalue weighted by atomic mass is 16.3. The maximum atomic E-state index is 12.7. The number of piperidine rings is 3. The summed E-state index contributed by atoms with van der Waals surface area (Å²) in [4.78, 5) is 21.5. The van der Waals surface area contributed by atoms with Gasteiger partial charge in [0.25, 0.3) is 5.91 Å². The van der Waals surface area contributed by atoms with Crippen molar-refractivity contribution in [3.63, 3.8) is 0 Å². The van der Waals surface area contributed by atoms with E-state index in [0.29, 0.717) is 23.2 Å². The number of carbonyl (C=O) groups is 1. The highest BCUT2D eigenvalue weighted by molar-refractivity contribution is 5.99. The minimum absolute atomic E-state index is 0.0894. The molecule has 3 saturated heterocycles. The average Bonchev–Trinajstić information content (AvgIpc) is 3.01. The van der Waals surface area contributed by atoms with Gasteiger partial charge >= 0.3 is 0 Å². The molecule has 0 saturated carbocycles. The van der Waals surface area contributed by atoms with Crippen LogP contribution in [-0.4, -0.2) is 55.1 Å². The second kappa shape index (κ2) is 5.77. The SMILES string of the molecule is CC1C(NC(=O)c2cc3c(N(C)C)coc3cn2)C2CCN1CC2. The third kappa shape index (κ3) is 2.45. The first kappa shape index (κ1) is 15.4. The number of furan rings is 1. The Hall–Kier alpha value is -2.08. The van der Waals surface area contributed by atoms with Crippen molar-refractivity contribution in [1.82, 2.24) is 15.2 Å². The van der Waals surface area contributed by atoms with Gasteiger partial charge in [-0.2, -0.15) is 0 Å². The summed E-state index contributed by atoms with van der Waals surface area (Å²) in [6.45, 7) is 4.53. The monoisotopic (exact) mass is 328 g/mol. The molecule has 2 aromatic heterocycles. The minimum atomic E-state index is -0.0894. The van der Waals surface area contributed by atoms with Crippen molar-refractivity contribution in [2.45, 2.75) is 31.8 Å². The first-order chi connectivity index (χ1) is 11.5. The summed E-state index contributed by atoms with van der Waals surface area (Å²) in [6.07, 6.45) is 5.68. The zero-order chi connectivity index (χ0) is 16.8. The van der Waals surface area contributed by atoms with E-state index in [-0.39, 0.29) is 11.9 Å². The summed E-state index contributed by atoms with van der Waals surface area (Å²) >= 11 is 0. The van der Waals surface area contributed by atoms with Gasteiger partial charge in [-0.25, -0.2) is 4.98 Å². The fraction of sp³-hybridized carbons (Fsp3) is 0.556. The summed E-state index contributed by atoms with van der Waals surface area (Å²) in [5.41, 5.74) is 2.11. The van der Waals surface area contributed by atoms with Crippen molar-refractivity contribution in [1.29, 1.82) is 0 Å². The lowest BCUT2D eigenvalue weighted by atomic mass is 9.79. The van der Waals surface area contributed by atoms with Gasteiger partial charge in [-0.1, -0.05) is 0 Å². The molecule has 0 aliphatic carbocycles. The first-order valence-corrected chi connectivity index (χ1v) is 8.64. The standard InChI is InChI=1S/C18H24N4O2/c1-11-17(12-4-6-22(11)7-5-12)20-18(23)14-8-13-15(21(2)3)10-24-16(13)9-19-14/h8-12,17H,4-7H2,1-3H3,(H,20,23). The number of pyridine rings is 1. The number of anilines is 1. The Morgan fingerprint density at radius 3 is 2.79 bits per heavy atom. The van der Waals surface area contributed by atoms with E-state index in [0.717, 1.165) is 24.2 Å². The maximum absolute atomic E-state index is 12.7. The van der Waals surface area contributed by atoms with Gasteiger partial charge in [-0.15, -0.1) is 0 Å². The molecule has 1 N–H and O–H groups in total. The molecule has 6 nitrogen and oxygen atoms in total. The minimum Gasteiger partial charge on any atom is -0.460 e. The lowest BCUT2D eigenvalue weighted by Crippen LogP contribution is -2.62. The van der Waals surface area contributed by atoms with Crippen LogP contribution in [0.3, 0.4) is 0 Å². The molecule has 2 aromatic rings. The van der Waals surface area contributed by atoms with E-state index < -0.39 is 0 Å². The second-order valence-electron chi connectivity index (χ2n) is 7.19. The number of hydrogen-bond donors (Lipinski definition) is 1. The van der Waals surface area contributed by atoms with Crippen LogP contribution in [0.15, 0.2) is 22.9 Å². The van der Waals surface area contributed by atoms with Crippen molar-refractivity contribution in [2.24, 2.45) is 5.92 Å². The van der Waals surface area contributed by atoms with E-state index in [2.05, 4.69) is 22.1 Å². The van der Waals surface area contributed by atoms with Crippen LogP contribution in [0.1, 0.15) is 30.3 Å². The van der Waals surface area contributed by atoms with Gasteiger partial charge in [-0.05, 0) is 44.8 Å². The van der Waals surface area contributed by atoms with Crippen LogP contribution >= 0.6 is 0 Å². The average molecular weight is 328 g/mol. The molecule has 3 aliphatic heterocycles. The number of aromatic nitrogens is 1. The summed E-state index contributed by atoms with van der Waals surface area (Å²) in [5.74, 6) is 0.498. The Kier molecular flexibility index (Phi) is 3.72. The molecular formula is C18H24N4O2. The molecule has 0 radical (unpaired) electrons. The van der Waals surface area contributed by atoms with Crippen LogP contribution in [0.4, 0.5) is 5.69 Å². The van der Waals surface area contributed by atoms with Gasteiger partial charge < -0.3 is 14.6 Å². The Morgan fingerprint density at radius 1 is 1.38 bits per heavy atom. The predicted octanol–water partition coefficient (Wildman–Crippen LogP) is 2.11. The molecule has 1 amide bonds. The van der Waals surface area contributed by atoms with Gasteiger partial charge in [-0.3, -0.25) is 9.69 Å². The fourth-order valence-corrected chi connectivity index (χ4v) is 4.16. The fourth-order valence-electron chi connectivity index (χ4n) is 4.16. The molecule has 128 valence electrons. The molecule has 2 atom stereocenters. The third-order valence-corrected chi connectivity index (χ3v) is 5.63. The van der Waals surface area contributed by atoms with Gasteiger partial charge in [0.1, 0.15) is 12.0 Å². The van der Waals surface area contributed by atoms with Gasteiger partial charge in [0.05, 0.1) is 11.9 Å². The number of hydrogen-bond acceptors (Lipinski definition) is 5. The van der Waals surface area contributed by atoms with Gasteiger partial charge in [0.15, 0.2) is 5.58 Å². The maximum Gasteiger partial charge on any atom is 0.270 e. The summed E-state index contributed by atoms with van der Waals surface area (Å²) in [6, 6.07) is 2.45. The topological polar surface area (TPSA) is 61.6 Å². The van der Waals surface area contributed by atoms with Crippen LogP contribution in [-0.2, 0) is 0 Å². The van der Waals surface area contributed by atoms with E-state index in [1.54, 1.807) is 12.5 Å². The number of rotatable bonds is 3. The van der Waals surface area contributed by atoms with E-state index >= 15 is 0 Å². The highest BCUT2D eigenvalue weighted by Gasteiger charge is 2.40. The van der Waals surface area contributed by atoms with Crippen molar-refractivity contribution in [2.75, 3.05) is 32.1 Å². The first-order valence-electron chi connectivity index (χ1n) is 8.64. The molecule has 3 fully saturated rings. The Balaban J connectivity index is 1.58. The molecule has 24 heavy (non-hydrogen) atoms. The molecular weight excluding hydrogens is 304 g/mol. The normalized spacial score (nSPS) is 29.0. The third-order valence-electron chi connectivity index (χ3n) is 5.63. The van der Waals surface area contributed by atoms with E-state index in [1.165, 1.54) is 12.8 Å². The quantitative estimate of drug-likeness (QED) is 0.935. The van der Waals surface area contributed by atoms with Crippen LogP contribution in [0.5, 0.6) is 0 Å². The Morgan fingerprint density at radius 2 is 2.12 bits per heavy atom. The molecule has 5 heterocycles. The lowest BCUT2D eigenvalue weighted by Gasteiger charge is -2.49. The molecule has 6 heteroatoms. The molecule has 2 bridgehead atoms. The van der Waals surface area contributed by atoms with E-state index in [1.807, 2.05) is 25.1 Å². The highest BCUT2D eigenvalue weighted by Crippen LogP contribution is 2.32. The van der Waals surface area contributed by atoms with Gasteiger partial charge in [0, 0.05) is 31.6 Å². The van der Waals surface area contributed by atoms with Crippen molar-refractivity contribution in [3.05, 3.63) is 24.2 Å². The Labute approximate surface area is 141 Å². The molecule has 2 unspecified atom stereocenters. The number of carbonyl (C=O) groups excluding carboxylic acids is 1. The van der Waals surface area contributed by atoms with Crippen LogP contribution < -0.4 is 10.2 Å². The zero-order valence-corrected chi connectivity index (χ0v) is 14.5. The van der Waals surface area contributed by atoms with Gasteiger partial charge in [0.2, 0.25) is 0 Å². The smallest absolute Gasteiger partial charge is 0.270 e. The molecule has 5 rings (SSSR count). The summed E-state index contributed by atoms with van der Waals surface area (Å²) in [5, 5.41) is 4.15. The predicted molar refractivity (Wildman–Crippen MR) is 93.3 cm³/mol. The van der Waals surface area contributed by atoms with Crippen LogP contribution in [0.2, 0.25) is 0 Å². The van der Waals surface area contributed by atoms with Crippen molar-refractivity contribution >= 4 is 22.6 Å². The summed E-state index contributed by atoms with van der Waals surface area (Å²) < 4.78 is 5.51. The number of amides is 1. The molecule has 0 aromatic carbocycles. The number of nitrogens with one attached hydrogen (secondary N) is 1. The number of nitrogens with zero attached hydrogens (tertiary/aromatic N) is 3. The number of fused-ring (bicyclic) bond motifs is 4. The van der Waals surface area contributed by atoms with Crippen molar-refractivity contribution < 1.29 is 9.21 Å². The Bertz CT molecular complexity index is 759. The molecule has 3 aliphatic rings. The lowest BCUT2D eigenvalue weighted by molar-refractivity contribution is 0.0216. The van der Waals surface area contributed by atoms with E-state index in [4.69, 9.17) is 4.42 Å². The van der Waals surface area contributed by atoms with E-state index in [9.17, 15) is 4.79 Å². The molecule has 0 spiro atoms. The van der Waals surface area contributed by atoms with Crippen molar-refractivity contribution in [3.8, 4) is 0 Å². The summed E-state index contributed by atoms with van der Waals surface area (Å²) in [7, 11) is 3.92. The largest absolute Gasteiger partial charge is 0.460 e. The van der Waals surface area contributed by atoms with Crippen LogP contribution in [0.25, 0.3) is 11.0 Å². The second-order valence-corrected chi connectivity index (χ2v) is 7.19. The van der Waals surface area contributed by atoms with Crippen LogP contribution in [0, 0.1) is 5.92 Å². The zero-order valence-electron chi connectivity index (χ0n) is 14.5.